The lowest BCUT2D eigenvalue weighted by molar-refractivity contribution is 0.0766. The Balaban J connectivity index is 1.53. The summed E-state index contributed by atoms with van der Waals surface area (Å²) < 4.78 is 28.1. The summed E-state index contributed by atoms with van der Waals surface area (Å²) in [4.78, 5) is 28.9. The molecule has 1 fully saturated rings. The summed E-state index contributed by atoms with van der Waals surface area (Å²) in [6, 6.07) is 12.1. The maximum atomic E-state index is 13.5. The Labute approximate surface area is 184 Å². The fourth-order valence-corrected chi connectivity index (χ4v) is 3.77. The summed E-state index contributed by atoms with van der Waals surface area (Å²) >= 11 is 0. The normalized spacial score (nSPS) is 14.4. The highest BCUT2D eigenvalue weighted by molar-refractivity contribution is 5.94. The molecule has 0 saturated carbocycles. The van der Waals surface area contributed by atoms with Crippen LogP contribution in [0.3, 0.4) is 0 Å². The van der Waals surface area contributed by atoms with Crippen molar-refractivity contribution >= 4 is 11.7 Å². The van der Waals surface area contributed by atoms with Crippen molar-refractivity contribution in [1.29, 1.82) is 0 Å². The van der Waals surface area contributed by atoms with Crippen molar-refractivity contribution in [3.05, 3.63) is 87.2 Å². The lowest BCUT2D eigenvalue weighted by atomic mass is 10.1. The second kappa shape index (κ2) is 8.90. The molecule has 3 aromatic rings. The van der Waals surface area contributed by atoms with Crippen molar-refractivity contribution in [3.8, 4) is 5.69 Å². The molecule has 2 aromatic carbocycles. The molecule has 0 bridgehead atoms. The Hall–Kier alpha value is -3.55. The van der Waals surface area contributed by atoms with E-state index in [0.717, 1.165) is 23.3 Å². The zero-order valence-corrected chi connectivity index (χ0v) is 18.0. The molecular formula is C24H24F2N4O2. The zero-order chi connectivity index (χ0) is 22.8. The molecule has 0 radical (unpaired) electrons. The van der Waals surface area contributed by atoms with Gasteiger partial charge in [0.15, 0.2) is 11.6 Å². The molecule has 0 N–H and O–H groups in total. The van der Waals surface area contributed by atoms with E-state index < -0.39 is 11.6 Å². The molecule has 6 nitrogen and oxygen atoms in total. The van der Waals surface area contributed by atoms with Crippen molar-refractivity contribution in [1.82, 2.24) is 14.7 Å². The molecule has 1 amide bonds. The Morgan fingerprint density at radius 2 is 1.69 bits per heavy atom. The zero-order valence-electron chi connectivity index (χ0n) is 18.0. The smallest absolute Gasteiger partial charge is 0.271 e. The third kappa shape index (κ3) is 4.39. The largest absolute Gasteiger partial charge is 0.353 e. The van der Waals surface area contributed by atoms with Crippen LogP contribution in [0.25, 0.3) is 5.69 Å². The second-order valence-corrected chi connectivity index (χ2v) is 7.97. The molecule has 4 rings (SSSR count). The van der Waals surface area contributed by atoms with Crippen LogP contribution in [-0.4, -0.2) is 46.8 Å². The summed E-state index contributed by atoms with van der Waals surface area (Å²) in [6.07, 6.45) is 0.680. The van der Waals surface area contributed by atoms with Gasteiger partial charge in [-0.25, -0.2) is 8.78 Å². The summed E-state index contributed by atoms with van der Waals surface area (Å²) in [6.45, 7) is 6.05. The number of benzene rings is 2. The number of aromatic nitrogens is 2. The molecule has 1 aromatic heterocycles. The van der Waals surface area contributed by atoms with E-state index in [-0.39, 0.29) is 17.0 Å². The highest BCUT2D eigenvalue weighted by Gasteiger charge is 2.22. The van der Waals surface area contributed by atoms with Gasteiger partial charge in [0.25, 0.3) is 11.5 Å². The summed E-state index contributed by atoms with van der Waals surface area (Å²) in [5.74, 6) is -1.71. The second-order valence-electron chi connectivity index (χ2n) is 7.97. The van der Waals surface area contributed by atoms with Crippen LogP contribution < -0.4 is 10.5 Å². The minimum absolute atomic E-state index is 0.124. The number of rotatable bonds is 3. The third-order valence-corrected chi connectivity index (χ3v) is 5.79. The van der Waals surface area contributed by atoms with Crippen LogP contribution in [0, 0.1) is 25.5 Å². The van der Waals surface area contributed by atoms with E-state index in [4.69, 9.17) is 0 Å². The number of carbonyl (C=O) groups is 1. The quantitative estimate of drug-likeness (QED) is 0.628. The van der Waals surface area contributed by atoms with Crippen LogP contribution in [0.2, 0.25) is 0 Å². The van der Waals surface area contributed by atoms with Gasteiger partial charge in [0.1, 0.15) is 5.82 Å². The SMILES string of the molecule is Cc1ccc(-n2nc(N3CCCN(C(=O)c4ccc(F)c(F)c4)CC3)ccc2=O)cc1C. The first kappa shape index (κ1) is 21.7. The number of aryl methyl sites for hydroxylation is 2. The van der Waals surface area contributed by atoms with Gasteiger partial charge in [-0.15, -0.1) is 5.10 Å². The van der Waals surface area contributed by atoms with E-state index in [2.05, 4.69) is 5.10 Å². The number of nitrogens with zero attached hydrogens (tertiary/aromatic N) is 4. The van der Waals surface area contributed by atoms with Gasteiger partial charge in [-0.1, -0.05) is 6.07 Å². The van der Waals surface area contributed by atoms with Crippen LogP contribution in [0.5, 0.6) is 0 Å². The lowest BCUT2D eigenvalue weighted by Gasteiger charge is -2.23. The average Bonchev–Trinajstić information content (AvgIpc) is 3.04. The van der Waals surface area contributed by atoms with Gasteiger partial charge in [0.2, 0.25) is 0 Å². The van der Waals surface area contributed by atoms with Gasteiger partial charge in [-0.3, -0.25) is 9.59 Å². The molecule has 0 aliphatic carbocycles. The Kier molecular flexibility index (Phi) is 6.03. The molecule has 1 saturated heterocycles. The van der Waals surface area contributed by atoms with E-state index in [1.165, 1.54) is 16.8 Å². The molecular weight excluding hydrogens is 414 g/mol. The van der Waals surface area contributed by atoms with Crippen LogP contribution in [0.4, 0.5) is 14.6 Å². The number of amides is 1. The predicted molar refractivity (Wildman–Crippen MR) is 118 cm³/mol. The van der Waals surface area contributed by atoms with E-state index in [0.29, 0.717) is 44.1 Å². The standard InChI is InChI=1S/C24H24F2N4O2/c1-16-4-6-19(14-17(16)2)30-23(31)9-8-22(27-30)28-10-3-11-29(13-12-28)24(32)18-5-7-20(25)21(26)15-18/h4-9,14-15H,3,10-13H2,1-2H3. The summed E-state index contributed by atoms with van der Waals surface area (Å²) in [5, 5.41) is 4.56. The Morgan fingerprint density at radius 3 is 2.44 bits per heavy atom. The first-order valence-corrected chi connectivity index (χ1v) is 10.5. The van der Waals surface area contributed by atoms with Crippen LogP contribution >= 0.6 is 0 Å². The van der Waals surface area contributed by atoms with Crippen molar-refractivity contribution in [3.63, 3.8) is 0 Å². The number of anilines is 1. The number of hydrogen-bond acceptors (Lipinski definition) is 4. The van der Waals surface area contributed by atoms with Crippen molar-refractivity contribution < 1.29 is 13.6 Å². The van der Waals surface area contributed by atoms with E-state index >= 15 is 0 Å². The molecule has 8 heteroatoms. The van der Waals surface area contributed by atoms with E-state index in [9.17, 15) is 18.4 Å². The summed E-state index contributed by atoms with van der Waals surface area (Å²) in [5.41, 5.74) is 2.81. The van der Waals surface area contributed by atoms with Gasteiger partial charge in [0, 0.05) is 37.8 Å². The molecule has 0 unspecified atom stereocenters. The molecule has 1 aliphatic heterocycles. The monoisotopic (exact) mass is 438 g/mol. The molecule has 1 aliphatic rings. The Morgan fingerprint density at radius 1 is 0.875 bits per heavy atom. The predicted octanol–water partition coefficient (Wildman–Crippen LogP) is 3.48. The number of hydrogen-bond donors (Lipinski definition) is 0. The maximum absolute atomic E-state index is 13.5. The van der Waals surface area contributed by atoms with Gasteiger partial charge >= 0.3 is 0 Å². The molecule has 2 heterocycles. The molecule has 0 spiro atoms. The maximum Gasteiger partial charge on any atom is 0.271 e. The number of halogens is 2. The van der Waals surface area contributed by atoms with Gasteiger partial charge in [0.05, 0.1) is 5.69 Å². The number of carbonyl (C=O) groups excluding carboxylic acids is 1. The van der Waals surface area contributed by atoms with Gasteiger partial charge < -0.3 is 9.80 Å². The van der Waals surface area contributed by atoms with Crippen molar-refractivity contribution in [2.24, 2.45) is 0 Å². The highest BCUT2D eigenvalue weighted by atomic mass is 19.2. The summed E-state index contributed by atoms with van der Waals surface area (Å²) in [7, 11) is 0. The van der Waals surface area contributed by atoms with E-state index in [1.54, 1.807) is 11.0 Å². The van der Waals surface area contributed by atoms with Crippen LogP contribution in [0.1, 0.15) is 27.9 Å². The first-order chi connectivity index (χ1) is 15.3. The van der Waals surface area contributed by atoms with Crippen molar-refractivity contribution in [2.75, 3.05) is 31.1 Å². The fraction of sp³-hybridized carbons (Fsp3) is 0.292. The minimum atomic E-state index is -1.04. The van der Waals surface area contributed by atoms with Crippen LogP contribution in [0.15, 0.2) is 53.3 Å². The third-order valence-electron chi connectivity index (χ3n) is 5.79. The van der Waals surface area contributed by atoms with Gasteiger partial charge in [-0.2, -0.15) is 4.68 Å². The van der Waals surface area contributed by atoms with Crippen molar-refractivity contribution in [2.45, 2.75) is 20.3 Å². The first-order valence-electron chi connectivity index (χ1n) is 10.5. The topological polar surface area (TPSA) is 58.4 Å². The Bertz CT molecular complexity index is 1220. The highest BCUT2D eigenvalue weighted by Crippen LogP contribution is 2.17. The molecule has 0 atom stereocenters. The lowest BCUT2D eigenvalue weighted by Crippen LogP contribution is -2.36. The van der Waals surface area contributed by atoms with Gasteiger partial charge in [-0.05, 0) is 67.8 Å². The molecule has 166 valence electrons. The average molecular weight is 438 g/mol. The molecule has 32 heavy (non-hydrogen) atoms. The van der Waals surface area contributed by atoms with Crippen LogP contribution in [-0.2, 0) is 0 Å². The van der Waals surface area contributed by atoms with E-state index in [1.807, 2.05) is 36.9 Å². The minimum Gasteiger partial charge on any atom is -0.353 e. The fourth-order valence-electron chi connectivity index (χ4n) is 3.77.